The van der Waals surface area contributed by atoms with Gasteiger partial charge in [0.05, 0.1) is 18.2 Å². The fourth-order valence-electron chi connectivity index (χ4n) is 13.6. The zero-order valence-electron chi connectivity index (χ0n) is 34.5. The number of benzene rings is 3. The summed E-state index contributed by atoms with van der Waals surface area (Å²) >= 11 is 0. The van der Waals surface area contributed by atoms with Gasteiger partial charge in [-0.15, -0.1) is 0 Å². The molecular formula is C51H65NO5. The van der Waals surface area contributed by atoms with Crippen LogP contribution in [0.1, 0.15) is 150 Å². The highest BCUT2D eigenvalue weighted by Gasteiger charge is 2.59. The lowest BCUT2D eigenvalue weighted by atomic mass is 9.49. The van der Waals surface area contributed by atoms with Crippen molar-refractivity contribution in [3.05, 3.63) is 89.0 Å². The van der Waals surface area contributed by atoms with Crippen molar-refractivity contribution < 1.29 is 24.5 Å². The first kappa shape index (κ1) is 39.0. The molecule has 1 amide bonds. The third-order valence-electron chi connectivity index (χ3n) is 16.2. The van der Waals surface area contributed by atoms with Gasteiger partial charge < -0.3 is 19.8 Å². The molecule has 8 aliphatic rings. The molecule has 11 rings (SSSR count). The van der Waals surface area contributed by atoms with Crippen molar-refractivity contribution in [2.24, 2.45) is 34.5 Å². The maximum atomic E-state index is 14.7. The standard InChI is InChI=1S/C51H65NO5/c1-34-9-8-21-49(2)46(44-19-15-35(26-42(53)17-14-34)27-45(44)47(54)40-11-4-3-5-12-40)20-22-51(49,56)33-52(32-50-29-36-23-37(30-50)25-38(24-36)31-50)48(55)57-43-18-16-39-10-6-7-13-41(39)28-43/h6-7,9-10,13,15-16,18-19,27-28,36-38,40,42,46,53,56H,3-5,8,11-12,14,17,20-26,29-33H2,1-2H3. The number of amides is 1. The molecule has 6 nitrogen and oxygen atoms in total. The van der Waals surface area contributed by atoms with E-state index in [0.717, 1.165) is 116 Å². The summed E-state index contributed by atoms with van der Waals surface area (Å²) in [6, 6.07) is 20.4. The molecule has 4 atom stereocenters. The van der Waals surface area contributed by atoms with Crippen molar-refractivity contribution >= 4 is 22.6 Å². The predicted octanol–water partition coefficient (Wildman–Crippen LogP) is 11.4. The normalized spacial score (nSPS) is 34.1. The van der Waals surface area contributed by atoms with E-state index in [4.69, 9.17) is 4.74 Å². The Labute approximate surface area is 340 Å². The minimum Gasteiger partial charge on any atom is -0.410 e. The van der Waals surface area contributed by atoms with Gasteiger partial charge in [-0.3, -0.25) is 4.79 Å². The largest absolute Gasteiger partial charge is 0.415 e. The molecule has 6 fully saturated rings. The molecule has 0 heterocycles. The van der Waals surface area contributed by atoms with E-state index in [1.807, 2.05) is 41.3 Å². The van der Waals surface area contributed by atoms with E-state index in [1.165, 1.54) is 31.3 Å². The molecule has 6 heteroatoms. The fraction of sp³-hybridized carbons (Fsp3) is 0.608. The minimum atomic E-state index is -1.19. The van der Waals surface area contributed by atoms with Gasteiger partial charge >= 0.3 is 6.09 Å². The first-order chi connectivity index (χ1) is 27.5. The molecular weight excluding hydrogens is 707 g/mol. The second-order valence-electron chi connectivity index (χ2n) is 20.3. The first-order valence-corrected chi connectivity index (χ1v) is 22.7. The van der Waals surface area contributed by atoms with Crippen LogP contribution >= 0.6 is 0 Å². The van der Waals surface area contributed by atoms with Crippen LogP contribution in [0.15, 0.2) is 72.3 Å². The first-order valence-electron chi connectivity index (χ1n) is 22.7. The van der Waals surface area contributed by atoms with Crippen LogP contribution in [0.5, 0.6) is 5.75 Å². The van der Waals surface area contributed by atoms with Crippen LogP contribution in [0.4, 0.5) is 4.79 Å². The maximum Gasteiger partial charge on any atom is 0.415 e. The second-order valence-corrected chi connectivity index (χ2v) is 20.3. The number of nitrogens with zero attached hydrogens (tertiary/aromatic N) is 1. The molecule has 0 aliphatic heterocycles. The summed E-state index contributed by atoms with van der Waals surface area (Å²) in [5.74, 6) is 2.96. The molecule has 3 aromatic carbocycles. The molecule has 6 bridgehead atoms. The number of rotatable bonds is 7. The highest BCUT2D eigenvalue weighted by molar-refractivity contribution is 5.99. The summed E-state index contributed by atoms with van der Waals surface area (Å²) in [4.78, 5) is 31.3. The highest BCUT2D eigenvalue weighted by atomic mass is 16.6. The molecule has 0 radical (unpaired) electrons. The number of aliphatic hydroxyl groups excluding tert-OH is 1. The van der Waals surface area contributed by atoms with E-state index < -0.39 is 17.1 Å². The molecule has 0 saturated heterocycles. The molecule has 3 aromatic rings. The van der Waals surface area contributed by atoms with Crippen LogP contribution in [0.3, 0.4) is 0 Å². The smallest absolute Gasteiger partial charge is 0.410 e. The molecule has 57 heavy (non-hydrogen) atoms. The van der Waals surface area contributed by atoms with E-state index in [-0.39, 0.29) is 35.7 Å². The average molecular weight is 772 g/mol. The summed E-state index contributed by atoms with van der Waals surface area (Å²) in [7, 11) is 0. The van der Waals surface area contributed by atoms with E-state index >= 15 is 0 Å². The van der Waals surface area contributed by atoms with E-state index in [0.29, 0.717) is 31.6 Å². The second kappa shape index (κ2) is 15.6. The van der Waals surface area contributed by atoms with E-state index in [1.54, 1.807) is 0 Å². The fourth-order valence-corrected chi connectivity index (χ4v) is 13.6. The number of Topliss-reactive ketones (excluding diaryl/α,β-unsaturated/α-hetero) is 1. The van der Waals surface area contributed by atoms with Crippen LogP contribution in [0, 0.1) is 34.5 Å². The number of carbonyl (C=O) groups is 2. The van der Waals surface area contributed by atoms with Crippen molar-refractivity contribution in [1.29, 1.82) is 0 Å². The monoisotopic (exact) mass is 771 g/mol. The lowest BCUT2D eigenvalue weighted by Crippen LogP contribution is -2.58. The number of aliphatic hydroxyl groups is 2. The Balaban J connectivity index is 1.08. The van der Waals surface area contributed by atoms with E-state index in [2.05, 4.69) is 44.2 Å². The summed E-state index contributed by atoms with van der Waals surface area (Å²) in [6.07, 6.45) is 19.0. The summed E-state index contributed by atoms with van der Waals surface area (Å²) < 4.78 is 6.32. The van der Waals surface area contributed by atoms with Gasteiger partial charge in [-0.05, 0) is 172 Å². The maximum absolute atomic E-state index is 14.7. The van der Waals surface area contributed by atoms with Crippen LogP contribution in [-0.4, -0.2) is 51.8 Å². The van der Waals surface area contributed by atoms with Crippen molar-refractivity contribution in [1.82, 2.24) is 4.90 Å². The zero-order chi connectivity index (χ0) is 39.4. The zero-order valence-corrected chi connectivity index (χ0v) is 34.5. The number of allylic oxidation sites excluding steroid dienone is 2. The Bertz CT molecular complexity index is 1980. The third kappa shape index (κ3) is 7.75. The topological polar surface area (TPSA) is 87.1 Å². The van der Waals surface area contributed by atoms with Gasteiger partial charge in [0.1, 0.15) is 5.75 Å². The Morgan fingerprint density at radius 2 is 1.54 bits per heavy atom. The Morgan fingerprint density at radius 3 is 2.28 bits per heavy atom. The van der Waals surface area contributed by atoms with Gasteiger partial charge in [-0.25, -0.2) is 4.79 Å². The Hall–Kier alpha value is -3.48. The number of hydrogen-bond donors (Lipinski definition) is 2. The van der Waals surface area contributed by atoms with Crippen molar-refractivity contribution in [3.8, 4) is 5.75 Å². The number of ketones is 1. The molecule has 0 spiro atoms. The number of hydrogen-bond acceptors (Lipinski definition) is 5. The van der Waals surface area contributed by atoms with Gasteiger partial charge in [0.15, 0.2) is 5.78 Å². The summed E-state index contributed by atoms with van der Waals surface area (Å²) in [5, 5.41) is 26.6. The summed E-state index contributed by atoms with van der Waals surface area (Å²) in [5.41, 5.74) is 2.38. The molecule has 8 aliphatic carbocycles. The summed E-state index contributed by atoms with van der Waals surface area (Å²) in [6.45, 7) is 5.24. The lowest BCUT2D eigenvalue weighted by molar-refractivity contribution is -0.101. The minimum absolute atomic E-state index is 0.0225. The van der Waals surface area contributed by atoms with Gasteiger partial charge in [0, 0.05) is 23.4 Å². The Morgan fingerprint density at radius 1 is 0.825 bits per heavy atom. The number of fused-ring (bicyclic) bond motifs is 9. The Kier molecular flexibility index (Phi) is 10.7. The molecule has 304 valence electrons. The molecule has 0 aromatic heterocycles. The number of carbonyl (C=O) groups excluding carboxylic acids is 2. The molecule has 4 unspecified atom stereocenters. The van der Waals surface area contributed by atoms with Crippen molar-refractivity contribution in [2.45, 2.75) is 147 Å². The van der Waals surface area contributed by atoms with Crippen LogP contribution in [0.2, 0.25) is 0 Å². The SMILES string of the molecule is CC1=CCCC2(C)C(CCC2(O)CN(CC23CC4CC(CC(C4)C2)C3)C(=O)Oc2ccc3ccccc3c2)c2ccc(cc2C(=O)C2CCCCC2)CC(O)CC1. The van der Waals surface area contributed by atoms with Gasteiger partial charge in [-0.1, -0.05) is 80.3 Å². The number of ether oxygens (including phenoxy) is 1. The predicted molar refractivity (Wildman–Crippen MR) is 226 cm³/mol. The van der Waals surface area contributed by atoms with Crippen molar-refractivity contribution in [3.63, 3.8) is 0 Å². The van der Waals surface area contributed by atoms with Gasteiger partial charge in [0.2, 0.25) is 0 Å². The quantitative estimate of drug-likeness (QED) is 0.184. The van der Waals surface area contributed by atoms with Crippen molar-refractivity contribution in [2.75, 3.05) is 13.1 Å². The van der Waals surface area contributed by atoms with Gasteiger partial charge in [0.25, 0.3) is 0 Å². The lowest BCUT2D eigenvalue weighted by Gasteiger charge is -2.58. The van der Waals surface area contributed by atoms with Crippen LogP contribution < -0.4 is 4.74 Å². The molecule has 2 N–H and O–H groups in total. The van der Waals surface area contributed by atoms with Crippen LogP contribution in [-0.2, 0) is 6.42 Å². The average Bonchev–Trinajstić information content (AvgIpc) is 3.44. The highest BCUT2D eigenvalue weighted by Crippen LogP contribution is 2.62. The molecule has 6 saturated carbocycles. The third-order valence-corrected chi connectivity index (χ3v) is 16.2. The van der Waals surface area contributed by atoms with E-state index in [9.17, 15) is 19.8 Å². The van der Waals surface area contributed by atoms with Gasteiger partial charge in [-0.2, -0.15) is 0 Å². The van der Waals surface area contributed by atoms with Crippen LogP contribution in [0.25, 0.3) is 10.8 Å².